The zero-order valence-corrected chi connectivity index (χ0v) is 12.6. The van der Waals surface area contributed by atoms with Crippen molar-refractivity contribution in [2.75, 3.05) is 13.2 Å². The second kappa shape index (κ2) is 11.4. The van der Waals surface area contributed by atoms with Gasteiger partial charge in [0.25, 0.3) is 0 Å². The maximum atomic E-state index is 8.71. The van der Waals surface area contributed by atoms with E-state index in [9.17, 15) is 0 Å². The lowest BCUT2D eigenvalue weighted by Gasteiger charge is -2.13. The van der Waals surface area contributed by atoms with Crippen molar-refractivity contribution in [1.82, 2.24) is 5.32 Å². The molecule has 0 amide bonds. The average molecular weight is 268 g/mol. The summed E-state index contributed by atoms with van der Waals surface area (Å²) in [4.78, 5) is 0. The van der Waals surface area contributed by atoms with E-state index in [4.69, 9.17) is 10.00 Å². The van der Waals surface area contributed by atoms with Gasteiger partial charge in [-0.05, 0) is 31.1 Å². The molecule has 0 spiro atoms. The Labute approximate surface area is 116 Å². The minimum atomic E-state index is -0.0644. The van der Waals surface area contributed by atoms with E-state index in [-0.39, 0.29) is 5.44 Å². The topological polar surface area (TPSA) is 45.0 Å². The van der Waals surface area contributed by atoms with Crippen molar-refractivity contribution in [3.63, 3.8) is 0 Å². The van der Waals surface area contributed by atoms with Crippen LogP contribution in [0.15, 0.2) is 0 Å². The van der Waals surface area contributed by atoms with Gasteiger partial charge in [-0.25, -0.2) is 0 Å². The molecule has 0 rings (SSSR count). The number of nitriles is 1. The Morgan fingerprint density at radius 1 is 1.28 bits per heavy atom. The maximum Gasteiger partial charge on any atom is 0.136 e. The fraction of sp³-hybridized carbons (Fsp3) is 0.786. The Hall–Kier alpha value is -0.680. The first-order chi connectivity index (χ1) is 8.56. The molecule has 0 aromatic heterocycles. The normalized spacial score (nSPS) is 12.1. The largest absolute Gasteiger partial charge is 0.354 e. The summed E-state index contributed by atoms with van der Waals surface area (Å²) < 4.78 is 5.58. The van der Waals surface area contributed by atoms with Gasteiger partial charge in [0.2, 0.25) is 0 Å². The number of thiocyanates is 1. The third-order valence-corrected chi connectivity index (χ3v) is 2.83. The van der Waals surface area contributed by atoms with Crippen LogP contribution in [-0.4, -0.2) is 24.6 Å². The van der Waals surface area contributed by atoms with E-state index in [0.29, 0.717) is 18.6 Å². The summed E-state index contributed by atoms with van der Waals surface area (Å²) in [5.74, 6) is 6.38. The number of hydrogen-bond donors (Lipinski definition) is 1. The van der Waals surface area contributed by atoms with Crippen molar-refractivity contribution < 1.29 is 4.74 Å². The molecule has 1 N–H and O–H groups in total. The van der Waals surface area contributed by atoms with Gasteiger partial charge in [0.05, 0.1) is 0 Å². The second-order valence-corrected chi connectivity index (χ2v) is 5.62. The van der Waals surface area contributed by atoms with E-state index in [1.165, 1.54) is 11.8 Å². The van der Waals surface area contributed by atoms with Gasteiger partial charge in [-0.15, -0.1) is 0 Å². The Kier molecular flexibility index (Phi) is 11.0. The molecule has 0 unspecified atom stereocenters. The molecule has 0 heterocycles. The van der Waals surface area contributed by atoms with Crippen molar-refractivity contribution in [3.8, 4) is 17.2 Å². The Bertz CT molecular complexity index is 299. The first-order valence-electron chi connectivity index (χ1n) is 6.44. The summed E-state index contributed by atoms with van der Waals surface area (Å²) in [6, 6.07) is 0.505. The van der Waals surface area contributed by atoms with Gasteiger partial charge in [-0.3, -0.25) is 0 Å². The summed E-state index contributed by atoms with van der Waals surface area (Å²) in [6.07, 6.45) is 1.89. The van der Waals surface area contributed by atoms with Gasteiger partial charge in [0.15, 0.2) is 0 Å². The SMILES string of the molecule is CC(C)C#CCO[C@@H](CCCNC(C)C)SC#N. The molecule has 0 bridgehead atoms. The molecule has 1 atom stereocenters. The molecule has 0 aliphatic carbocycles. The third-order valence-electron chi connectivity index (χ3n) is 2.09. The monoisotopic (exact) mass is 268 g/mol. The van der Waals surface area contributed by atoms with Crippen molar-refractivity contribution in [3.05, 3.63) is 0 Å². The first kappa shape index (κ1) is 17.3. The van der Waals surface area contributed by atoms with E-state index >= 15 is 0 Å². The molecule has 0 aromatic rings. The van der Waals surface area contributed by atoms with Crippen LogP contribution in [0.4, 0.5) is 0 Å². The van der Waals surface area contributed by atoms with Crippen LogP contribution in [0.5, 0.6) is 0 Å². The molecule has 0 fully saturated rings. The van der Waals surface area contributed by atoms with Crippen LogP contribution >= 0.6 is 11.8 Å². The molecular weight excluding hydrogens is 244 g/mol. The summed E-state index contributed by atoms with van der Waals surface area (Å²) in [6.45, 7) is 9.72. The molecule has 0 aliphatic heterocycles. The van der Waals surface area contributed by atoms with Crippen LogP contribution in [0.25, 0.3) is 0 Å². The van der Waals surface area contributed by atoms with E-state index in [1.807, 2.05) is 13.8 Å². The van der Waals surface area contributed by atoms with Crippen LogP contribution in [0.3, 0.4) is 0 Å². The van der Waals surface area contributed by atoms with Crippen LogP contribution in [0, 0.1) is 28.4 Å². The lowest BCUT2D eigenvalue weighted by molar-refractivity contribution is 0.135. The standard InChI is InChI=1S/C14H24N2OS/c1-12(2)7-6-10-17-14(18-11-15)8-5-9-16-13(3)4/h12-14,16H,5,8-10H2,1-4H3/t14-/m1/s1. The number of hydrogen-bond acceptors (Lipinski definition) is 4. The Balaban J connectivity index is 3.80. The van der Waals surface area contributed by atoms with Gasteiger partial charge < -0.3 is 10.1 Å². The van der Waals surface area contributed by atoms with Crippen LogP contribution in [0.2, 0.25) is 0 Å². The highest BCUT2D eigenvalue weighted by molar-refractivity contribution is 8.04. The fourth-order valence-electron chi connectivity index (χ4n) is 1.27. The lowest BCUT2D eigenvalue weighted by Crippen LogP contribution is -2.24. The number of ether oxygens (including phenoxy) is 1. The zero-order valence-electron chi connectivity index (χ0n) is 11.8. The molecular formula is C14H24N2OS. The fourth-order valence-corrected chi connectivity index (χ4v) is 1.81. The van der Waals surface area contributed by atoms with Crippen molar-refractivity contribution in [1.29, 1.82) is 5.26 Å². The van der Waals surface area contributed by atoms with Crippen LogP contribution in [0.1, 0.15) is 40.5 Å². The summed E-state index contributed by atoms with van der Waals surface area (Å²) in [5, 5.41) is 14.1. The first-order valence-corrected chi connectivity index (χ1v) is 7.32. The van der Waals surface area contributed by atoms with Gasteiger partial charge >= 0.3 is 0 Å². The third kappa shape index (κ3) is 11.8. The molecule has 0 aliphatic rings. The van der Waals surface area contributed by atoms with Crippen molar-refractivity contribution >= 4 is 11.8 Å². The molecule has 0 radical (unpaired) electrons. The quantitative estimate of drug-likeness (QED) is 0.318. The highest BCUT2D eigenvalue weighted by Crippen LogP contribution is 2.16. The maximum absolute atomic E-state index is 8.71. The highest BCUT2D eigenvalue weighted by Gasteiger charge is 2.08. The van der Waals surface area contributed by atoms with E-state index in [2.05, 4.69) is 36.4 Å². The van der Waals surface area contributed by atoms with Crippen LogP contribution < -0.4 is 5.32 Å². The number of nitrogens with zero attached hydrogens (tertiary/aromatic N) is 1. The number of nitrogens with one attached hydrogen (secondary N) is 1. The van der Waals surface area contributed by atoms with Crippen molar-refractivity contribution in [2.45, 2.75) is 52.0 Å². The van der Waals surface area contributed by atoms with Gasteiger partial charge in [-0.1, -0.05) is 39.5 Å². The molecule has 0 saturated carbocycles. The predicted octanol–water partition coefficient (Wildman–Crippen LogP) is 2.98. The second-order valence-electron chi connectivity index (χ2n) is 4.68. The molecule has 0 aromatic carbocycles. The molecule has 18 heavy (non-hydrogen) atoms. The molecule has 3 nitrogen and oxygen atoms in total. The van der Waals surface area contributed by atoms with E-state index < -0.39 is 0 Å². The smallest absolute Gasteiger partial charge is 0.136 e. The van der Waals surface area contributed by atoms with E-state index in [1.54, 1.807) is 0 Å². The van der Waals surface area contributed by atoms with Gasteiger partial charge in [0.1, 0.15) is 17.4 Å². The molecule has 4 heteroatoms. The van der Waals surface area contributed by atoms with E-state index in [0.717, 1.165) is 19.4 Å². The Morgan fingerprint density at radius 2 is 2.00 bits per heavy atom. The highest BCUT2D eigenvalue weighted by atomic mass is 32.2. The Morgan fingerprint density at radius 3 is 2.56 bits per heavy atom. The van der Waals surface area contributed by atoms with Crippen LogP contribution in [-0.2, 0) is 4.74 Å². The molecule has 102 valence electrons. The minimum Gasteiger partial charge on any atom is -0.354 e. The number of rotatable bonds is 8. The summed E-state index contributed by atoms with van der Waals surface area (Å²) in [5.41, 5.74) is -0.0644. The van der Waals surface area contributed by atoms with Crippen molar-refractivity contribution in [2.24, 2.45) is 5.92 Å². The lowest BCUT2D eigenvalue weighted by atomic mass is 10.2. The zero-order chi connectivity index (χ0) is 13.8. The summed E-state index contributed by atoms with van der Waals surface area (Å²) >= 11 is 1.18. The average Bonchev–Trinajstić information content (AvgIpc) is 2.29. The summed E-state index contributed by atoms with van der Waals surface area (Å²) in [7, 11) is 0. The predicted molar refractivity (Wildman–Crippen MR) is 77.9 cm³/mol. The van der Waals surface area contributed by atoms with Gasteiger partial charge in [-0.2, -0.15) is 5.26 Å². The molecule has 0 saturated heterocycles. The minimum absolute atomic E-state index is 0.0644. The van der Waals surface area contributed by atoms with Gasteiger partial charge in [0, 0.05) is 12.0 Å². The number of thioether (sulfide) groups is 1.